The van der Waals surface area contributed by atoms with Crippen LogP contribution in [0.1, 0.15) is 42.5 Å². The maximum atomic E-state index is 13.3. The molecule has 2 aliphatic rings. The second-order valence-electron chi connectivity index (χ2n) is 8.92. The average Bonchev–Trinajstić information content (AvgIpc) is 3.18. The normalized spacial score (nSPS) is 18.2. The first kappa shape index (κ1) is 24.4. The zero-order valence-electron chi connectivity index (χ0n) is 20.6. The highest BCUT2D eigenvalue weighted by Crippen LogP contribution is 2.42. The topological polar surface area (TPSA) is 98.2 Å². The molecule has 0 saturated carbocycles. The number of unbranched alkanes of at least 4 members (excludes halogenated alkanes) is 1. The maximum absolute atomic E-state index is 13.3. The monoisotopic (exact) mass is 500 g/mol. The third kappa shape index (κ3) is 5.00. The molecular weight excluding hydrogens is 472 g/mol. The number of fused-ring (bicyclic) bond motifs is 1. The molecule has 1 aromatic heterocycles. The third-order valence-electron chi connectivity index (χ3n) is 6.39. The fraction of sp³-hybridized carbons (Fsp3) is 0.276. The van der Waals surface area contributed by atoms with Gasteiger partial charge in [-0.15, -0.1) is 0 Å². The van der Waals surface area contributed by atoms with E-state index in [2.05, 4.69) is 11.9 Å². The number of likely N-dealkylation sites (tertiary alicyclic amines) is 1. The van der Waals surface area contributed by atoms with Crippen molar-refractivity contribution in [1.29, 1.82) is 0 Å². The van der Waals surface area contributed by atoms with Crippen LogP contribution in [-0.2, 0) is 16.1 Å². The third-order valence-corrected chi connectivity index (χ3v) is 6.39. The van der Waals surface area contributed by atoms with Crippen molar-refractivity contribution in [2.24, 2.45) is 0 Å². The summed E-state index contributed by atoms with van der Waals surface area (Å²) in [6.07, 6.45) is 5.28. The van der Waals surface area contributed by atoms with Gasteiger partial charge < -0.3 is 24.2 Å². The van der Waals surface area contributed by atoms with E-state index in [0.717, 1.165) is 18.4 Å². The highest BCUT2D eigenvalue weighted by Gasteiger charge is 2.46. The lowest BCUT2D eigenvalue weighted by molar-refractivity contribution is -0.140. The van der Waals surface area contributed by atoms with Crippen LogP contribution in [0.15, 0.2) is 72.6 Å². The summed E-state index contributed by atoms with van der Waals surface area (Å²) >= 11 is 0. The number of hydrogen-bond acceptors (Lipinski definition) is 7. The smallest absolute Gasteiger partial charge is 0.295 e. The average molecular weight is 501 g/mol. The summed E-state index contributed by atoms with van der Waals surface area (Å²) in [7, 11) is 0. The van der Waals surface area contributed by atoms with Gasteiger partial charge >= 0.3 is 0 Å². The molecule has 8 nitrogen and oxygen atoms in total. The van der Waals surface area contributed by atoms with Gasteiger partial charge in [0, 0.05) is 24.5 Å². The summed E-state index contributed by atoms with van der Waals surface area (Å²) in [6, 6.07) is 15.1. The first-order chi connectivity index (χ1) is 18.1. The number of carbonyl (C=O) groups excluding carboxylic acids is 2. The molecule has 5 rings (SSSR count). The molecule has 1 unspecified atom stereocenters. The number of ketones is 1. The van der Waals surface area contributed by atoms with E-state index in [4.69, 9.17) is 14.2 Å². The number of hydrogen-bond donors (Lipinski definition) is 1. The van der Waals surface area contributed by atoms with Gasteiger partial charge in [0.15, 0.2) is 11.5 Å². The first-order valence-corrected chi connectivity index (χ1v) is 12.4. The summed E-state index contributed by atoms with van der Waals surface area (Å²) in [5.41, 5.74) is 1.84. The first-order valence-electron chi connectivity index (χ1n) is 12.4. The molecule has 1 N–H and O–H groups in total. The van der Waals surface area contributed by atoms with Gasteiger partial charge in [0.25, 0.3) is 11.7 Å². The second kappa shape index (κ2) is 10.7. The Morgan fingerprint density at radius 2 is 1.86 bits per heavy atom. The van der Waals surface area contributed by atoms with Crippen molar-refractivity contribution in [3.63, 3.8) is 0 Å². The van der Waals surface area contributed by atoms with Gasteiger partial charge in [-0.25, -0.2) is 0 Å². The summed E-state index contributed by atoms with van der Waals surface area (Å²) < 4.78 is 17.0. The lowest BCUT2D eigenvalue weighted by Crippen LogP contribution is -2.29. The Hall–Kier alpha value is -4.33. The molecule has 1 atom stereocenters. The molecule has 0 radical (unpaired) electrons. The van der Waals surface area contributed by atoms with E-state index in [1.54, 1.807) is 36.7 Å². The van der Waals surface area contributed by atoms with Gasteiger partial charge in [-0.1, -0.05) is 31.5 Å². The number of ether oxygens (including phenoxy) is 3. The predicted octanol–water partition coefficient (Wildman–Crippen LogP) is 4.65. The fourth-order valence-electron chi connectivity index (χ4n) is 4.50. The quantitative estimate of drug-likeness (QED) is 0.208. The van der Waals surface area contributed by atoms with Crippen molar-refractivity contribution >= 4 is 17.4 Å². The zero-order chi connectivity index (χ0) is 25.8. The van der Waals surface area contributed by atoms with E-state index in [9.17, 15) is 14.7 Å². The molecular formula is C29H28N2O6. The Kier molecular flexibility index (Phi) is 7.07. The molecule has 1 amide bonds. The van der Waals surface area contributed by atoms with Crippen LogP contribution in [0.3, 0.4) is 0 Å². The standard InChI is InChI=1S/C29H28N2O6/c1-2-3-13-35-22-9-6-20(7-10-22)26-25(27(32)21-8-11-23-24(16-21)37-15-14-36-23)28(33)29(34)31(26)18-19-5-4-12-30-17-19/h4-12,16-17,26,32H,2-3,13-15,18H2,1H3/b27-25+. The largest absolute Gasteiger partial charge is 0.507 e. The van der Waals surface area contributed by atoms with Crippen LogP contribution in [0.4, 0.5) is 0 Å². The molecule has 8 heteroatoms. The Balaban J connectivity index is 1.56. The number of nitrogens with zero attached hydrogens (tertiary/aromatic N) is 2. The van der Waals surface area contributed by atoms with E-state index in [1.807, 2.05) is 30.3 Å². The molecule has 190 valence electrons. The van der Waals surface area contributed by atoms with Crippen LogP contribution in [0.5, 0.6) is 17.2 Å². The number of benzene rings is 2. The van der Waals surface area contributed by atoms with Gasteiger partial charge in [0.05, 0.1) is 18.2 Å². The van der Waals surface area contributed by atoms with Gasteiger partial charge in [-0.2, -0.15) is 0 Å². The van der Waals surface area contributed by atoms with Crippen LogP contribution < -0.4 is 14.2 Å². The van der Waals surface area contributed by atoms with Gasteiger partial charge in [0.2, 0.25) is 0 Å². The number of Topliss-reactive ketones (excluding diaryl/α,β-unsaturated/α-hetero) is 1. The number of amides is 1. The molecule has 2 aromatic carbocycles. The van der Waals surface area contributed by atoms with Crippen LogP contribution >= 0.6 is 0 Å². The predicted molar refractivity (Wildman–Crippen MR) is 136 cm³/mol. The number of rotatable bonds is 8. The number of aromatic nitrogens is 1. The number of aliphatic hydroxyl groups is 1. The van der Waals surface area contributed by atoms with E-state index in [-0.39, 0.29) is 17.9 Å². The highest BCUT2D eigenvalue weighted by atomic mass is 16.6. The van der Waals surface area contributed by atoms with Crippen LogP contribution in [-0.4, -0.2) is 46.5 Å². The van der Waals surface area contributed by atoms with Crippen molar-refractivity contribution in [2.45, 2.75) is 32.4 Å². The van der Waals surface area contributed by atoms with Crippen molar-refractivity contribution in [1.82, 2.24) is 9.88 Å². The minimum Gasteiger partial charge on any atom is -0.507 e. The minimum atomic E-state index is -0.793. The van der Waals surface area contributed by atoms with E-state index in [0.29, 0.717) is 48.2 Å². The second-order valence-corrected chi connectivity index (χ2v) is 8.92. The lowest BCUT2D eigenvalue weighted by Gasteiger charge is -2.25. The molecule has 0 bridgehead atoms. The molecule has 0 aliphatic carbocycles. The Bertz CT molecular complexity index is 1320. The SMILES string of the molecule is CCCCOc1ccc(C2/C(=C(\O)c3ccc4c(c3)OCCO4)C(=O)C(=O)N2Cc2cccnc2)cc1. The lowest BCUT2D eigenvalue weighted by atomic mass is 9.95. The minimum absolute atomic E-state index is 0.0187. The number of pyridine rings is 1. The summed E-state index contributed by atoms with van der Waals surface area (Å²) in [6.45, 7) is 3.70. The molecule has 1 fully saturated rings. The number of aliphatic hydroxyl groups excluding tert-OH is 1. The molecule has 1 saturated heterocycles. The van der Waals surface area contributed by atoms with E-state index < -0.39 is 17.7 Å². The number of carbonyl (C=O) groups is 2. The van der Waals surface area contributed by atoms with E-state index >= 15 is 0 Å². The molecule has 2 aliphatic heterocycles. The van der Waals surface area contributed by atoms with Gasteiger partial charge in [0.1, 0.15) is 24.7 Å². The van der Waals surface area contributed by atoms with Crippen LogP contribution in [0, 0.1) is 0 Å². The Morgan fingerprint density at radius 1 is 1.08 bits per heavy atom. The summed E-state index contributed by atoms with van der Waals surface area (Å²) in [5, 5.41) is 11.4. The zero-order valence-corrected chi connectivity index (χ0v) is 20.6. The van der Waals surface area contributed by atoms with Gasteiger partial charge in [-0.3, -0.25) is 14.6 Å². The fourth-order valence-corrected chi connectivity index (χ4v) is 4.50. The summed E-state index contributed by atoms with van der Waals surface area (Å²) in [5.74, 6) is 0.0476. The molecule has 37 heavy (non-hydrogen) atoms. The molecule has 0 spiro atoms. The van der Waals surface area contributed by atoms with E-state index in [1.165, 1.54) is 4.90 Å². The highest BCUT2D eigenvalue weighted by molar-refractivity contribution is 6.46. The molecule has 3 heterocycles. The maximum Gasteiger partial charge on any atom is 0.295 e. The van der Waals surface area contributed by atoms with Gasteiger partial charge in [-0.05, 0) is 53.9 Å². The van der Waals surface area contributed by atoms with Crippen molar-refractivity contribution in [2.75, 3.05) is 19.8 Å². The molecule has 3 aromatic rings. The van der Waals surface area contributed by atoms with Crippen LogP contribution in [0.25, 0.3) is 5.76 Å². The van der Waals surface area contributed by atoms with Crippen molar-refractivity contribution < 1.29 is 28.9 Å². The summed E-state index contributed by atoms with van der Waals surface area (Å²) in [4.78, 5) is 32.2. The van der Waals surface area contributed by atoms with Crippen LogP contribution in [0.2, 0.25) is 0 Å². The van der Waals surface area contributed by atoms with Crippen molar-refractivity contribution in [3.8, 4) is 17.2 Å². The van der Waals surface area contributed by atoms with Crippen molar-refractivity contribution in [3.05, 3.63) is 89.3 Å². The Morgan fingerprint density at radius 3 is 2.59 bits per heavy atom. The Labute approximate surface area is 215 Å².